The van der Waals surface area contributed by atoms with Gasteiger partial charge in [-0.25, -0.2) is 4.98 Å². The predicted octanol–water partition coefficient (Wildman–Crippen LogP) is 3.20. The molecule has 2 atom stereocenters. The maximum Gasteiger partial charge on any atom is 0.246 e. The average Bonchev–Trinajstić information content (AvgIpc) is 3.02. The van der Waals surface area contributed by atoms with Crippen LogP contribution in [0.3, 0.4) is 0 Å². The van der Waals surface area contributed by atoms with Crippen molar-refractivity contribution in [3.8, 4) is 0 Å². The van der Waals surface area contributed by atoms with Gasteiger partial charge in [0.25, 0.3) is 0 Å². The number of hydrogen-bond acceptors (Lipinski definition) is 5. The van der Waals surface area contributed by atoms with E-state index in [1.165, 1.54) is 16.9 Å². The number of amides is 1. The first-order chi connectivity index (χ1) is 11.9. The minimum Gasteiger partial charge on any atom is -0.378 e. The zero-order valence-corrected chi connectivity index (χ0v) is 15.7. The molecule has 2 unspecified atom stereocenters. The average molecular weight is 359 g/mol. The first-order valence-corrected chi connectivity index (χ1v) is 9.39. The Bertz CT molecular complexity index is 744. The third-order valence-electron chi connectivity index (χ3n) is 5.23. The molecule has 1 aromatic heterocycles. The second-order valence-electron chi connectivity index (χ2n) is 7.09. The van der Waals surface area contributed by atoms with Crippen LogP contribution in [0.1, 0.15) is 37.6 Å². The molecule has 1 saturated carbocycles. The number of anilines is 1. The Balaban J connectivity index is 1.64. The molecule has 0 aliphatic heterocycles. The van der Waals surface area contributed by atoms with Crippen molar-refractivity contribution in [1.29, 1.82) is 0 Å². The molecule has 134 valence electrons. The molecular formula is C19H25N3O2S. The van der Waals surface area contributed by atoms with Crippen molar-refractivity contribution in [3.05, 3.63) is 47.0 Å². The van der Waals surface area contributed by atoms with Gasteiger partial charge in [0.2, 0.25) is 5.91 Å². The molecule has 25 heavy (non-hydrogen) atoms. The molecule has 1 fully saturated rings. The molecule has 2 aromatic rings. The summed E-state index contributed by atoms with van der Waals surface area (Å²) < 4.78 is 5.69. The van der Waals surface area contributed by atoms with Gasteiger partial charge in [-0.15, -0.1) is 11.3 Å². The number of rotatable bonds is 6. The van der Waals surface area contributed by atoms with Gasteiger partial charge >= 0.3 is 0 Å². The van der Waals surface area contributed by atoms with Crippen LogP contribution in [0.4, 0.5) is 5.13 Å². The molecule has 0 radical (unpaired) electrons. The van der Waals surface area contributed by atoms with Crippen molar-refractivity contribution < 1.29 is 9.53 Å². The van der Waals surface area contributed by atoms with E-state index in [0.717, 1.165) is 11.3 Å². The first kappa shape index (κ1) is 18.0. The molecule has 1 amide bonds. The van der Waals surface area contributed by atoms with Crippen LogP contribution in [0.2, 0.25) is 0 Å². The molecule has 0 saturated heterocycles. The van der Waals surface area contributed by atoms with E-state index in [1.54, 1.807) is 0 Å². The smallest absolute Gasteiger partial charge is 0.246 e. The molecule has 0 spiro atoms. The zero-order valence-electron chi connectivity index (χ0n) is 14.9. The monoisotopic (exact) mass is 359 g/mol. The fourth-order valence-corrected chi connectivity index (χ4v) is 4.12. The lowest BCUT2D eigenvalue weighted by Crippen LogP contribution is -2.74. The van der Waals surface area contributed by atoms with Crippen LogP contribution in [-0.4, -0.2) is 29.1 Å². The van der Waals surface area contributed by atoms with Crippen LogP contribution in [0, 0.1) is 5.41 Å². The lowest BCUT2D eigenvalue weighted by molar-refractivity contribution is -0.166. The van der Waals surface area contributed by atoms with Gasteiger partial charge < -0.3 is 15.8 Å². The highest BCUT2D eigenvalue weighted by molar-refractivity contribution is 7.15. The molecule has 3 N–H and O–H groups in total. The minimum absolute atomic E-state index is 0.0122. The van der Waals surface area contributed by atoms with Crippen molar-refractivity contribution in [2.45, 2.75) is 45.3 Å². The number of hydrogen-bond donors (Lipinski definition) is 2. The summed E-state index contributed by atoms with van der Waals surface area (Å²) in [4.78, 5) is 18.2. The Labute approximate surface area is 152 Å². The standard InChI is InChI=1S/C19H25N3O2S/c1-4-24-15-11-19(20,18(15,2)3)16(23)22-17-21-12-14(25-17)10-13-8-6-5-7-9-13/h5-9,12,15H,4,10-11,20H2,1-3H3,(H,21,22,23). The van der Waals surface area contributed by atoms with Crippen LogP contribution in [0.25, 0.3) is 0 Å². The maximum atomic E-state index is 12.7. The van der Waals surface area contributed by atoms with Gasteiger partial charge in [-0.3, -0.25) is 4.79 Å². The fraction of sp³-hybridized carbons (Fsp3) is 0.474. The Morgan fingerprint density at radius 2 is 2.12 bits per heavy atom. The van der Waals surface area contributed by atoms with Crippen molar-refractivity contribution in [3.63, 3.8) is 0 Å². The number of nitrogens with one attached hydrogen (secondary N) is 1. The van der Waals surface area contributed by atoms with Crippen molar-refractivity contribution in [2.75, 3.05) is 11.9 Å². The lowest BCUT2D eigenvalue weighted by Gasteiger charge is -2.57. The summed E-state index contributed by atoms with van der Waals surface area (Å²) in [5, 5.41) is 3.49. The normalized spacial score (nSPS) is 24.6. The Hall–Kier alpha value is -1.76. The van der Waals surface area contributed by atoms with Crippen LogP contribution >= 0.6 is 11.3 Å². The number of nitrogens with zero attached hydrogens (tertiary/aromatic N) is 1. The van der Waals surface area contributed by atoms with E-state index in [9.17, 15) is 4.79 Å². The fourth-order valence-electron chi connectivity index (χ4n) is 3.27. The number of carbonyl (C=O) groups excluding carboxylic acids is 1. The van der Waals surface area contributed by atoms with E-state index in [1.807, 2.05) is 45.2 Å². The van der Waals surface area contributed by atoms with Crippen LogP contribution < -0.4 is 11.1 Å². The predicted molar refractivity (Wildman–Crippen MR) is 101 cm³/mol. The lowest BCUT2D eigenvalue weighted by atomic mass is 9.54. The summed E-state index contributed by atoms with van der Waals surface area (Å²) in [6.07, 6.45) is 3.16. The van der Waals surface area contributed by atoms with E-state index in [-0.39, 0.29) is 12.0 Å². The molecule has 1 aromatic carbocycles. The van der Waals surface area contributed by atoms with E-state index < -0.39 is 11.0 Å². The topological polar surface area (TPSA) is 77.2 Å². The van der Waals surface area contributed by atoms with Crippen molar-refractivity contribution >= 4 is 22.4 Å². The van der Waals surface area contributed by atoms with E-state index in [2.05, 4.69) is 22.4 Å². The van der Waals surface area contributed by atoms with Crippen LogP contribution in [0.5, 0.6) is 0 Å². The number of carbonyl (C=O) groups is 1. The Morgan fingerprint density at radius 1 is 1.40 bits per heavy atom. The highest BCUT2D eigenvalue weighted by Crippen LogP contribution is 2.50. The number of aromatic nitrogens is 1. The molecule has 0 bridgehead atoms. The Kier molecular flexibility index (Phi) is 4.95. The van der Waals surface area contributed by atoms with Gasteiger partial charge in [0, 0.05) is 35.9 Å². The molecule has 5 nitrogen and oxygen atoms in total. The molecule has 6 heteroatoms. The summed E-state index contributed by atoms with van der Waals surface area (Å²) >= 11 is 1.49. The van der Waals surface area contributed by atoms with E-state index >= 15 is 0 Å². The second kappa shape index (κ2) is 6.86. The SMILES string of the molecule is CCOC1CC(N)(C(=O)Nc2ncc(Cc3ccccc3)s2)C1(C)C. The first-order valence-electron chi connectivity index (χ1n) is 8.57. The Morgan fingerprint density at radius 3 is 2.76 bits per heavy atom. The van der Waals surface area contributed by atoms with Gasteiger partial charge in [-0.05, 0) is 12.5 Å². The van der Waals surface area contributed by atoms with Gasteiger partial charge in [0.05, 0.1) is 6.10 Å². The van der Waals surface area contributed by atoms with Crippen LogP contribution in [0.15, 0.2) is 36.5 Å². The molecular weight excluding hydrogens is 334 g/mol. The molecule has 1 aliphatic rings. The van der Waals surface area contributed by atoms with Gasteiger partial charge in [0.1, 0.15) is 5.54 Å². The summed E-state index contributed by atoms with van der Waals surface area (Å²) in [7, 11) is 0. The van der Waals surface area contributed by atoms with E-state index in [4.69, 9.17) is 10.5 Å². The number of nitrogens with two attached hydrogens (primary N) is 1. The summed E-state index contributed by atoms with van der Waals surface area (Å²) in [5.74, 6) is -0.186. The summed E-state index contributed by atoms with van der Waals surface area (Å²) in [6, 6.07) is 10.2. The maximum absolute atomic E-state index is 12.7. The van der Waals surface area contributed by atoms with Gasteiger partial charge in [-0.2, -0.15) is 0 Å². The van der Waals surface area contributed by atoms with Gasteiger partial charge in [0.15, 0.2) is 5.13 Å². The third kappa shape index (κ3) is 3.34. The number of thiazole rings is 1. The van der Waals surface area contributed by atoms with E-state index in [0.29, 0.717) is 18.2 Å². The summed E-state index contributed by atoms with van der Waals surface area (Å²) in [5.41, 5.74) is 6.29. The second-order valence-corrected chi connectivity index (χ2v) is 8.20. The number of benzene rings is 1. The van der Waals surface area contributed by atoms with Crippen LogP contribution in [-0.2, 0) is 16.0 Å². The van der Waals surface area contributed by atoms with Gasteiger partial charge in [-0.1, -0.05) is 44.2 Å². The minimum atomic E-state index is -0.932. The number of ether oxygens (including phenoxy) is 1. The third-order valence-corrected chi connectivity index (χ3v) is 6.14. The van der Waals surface area contributed by atoms with Crippen molar-refractivity contribution in [2.24, 2.45) is 11.1 Å². The highest BCUT2D eigenvalue weighted by atomic mass is 32.1. The quantitative estimate of drug-likeness (QED) is 0.830. The molecule has 3 rings (SSSR count). The molecule has 1 heterocycles. The highest BCUT2D eigenvalue weighted by Gasteiger charge is 2.62. The molecule has 1 aliphatic carbocycles. The summed E-state index contributed by atoms with van der Waals surface area (Å²) in [6.45, 7) is 6.55. The largest absolute Gasteiger partial charge is 0.378 e. The van der Waals surface area contributed by atoms with Crippen molar-refractivity contribution in [1.82, 2.24) is 4.98 Å². The zero-order chi connectivity index (χ0) is 18.1.